The largest absolute Gasteiger partial charge is 0.360 e. The summed E-state index contributed by atoms with van der Waals surface area (Å²) in [5.41, 5.74) is 2.89. The number of nitrogens with one attached hydrogen (secondary N) is 2. The fourth-order valence-corrected chi connectivity index (χ4v) is 5.02. The summed E-state index contributed by atoms with van der Waals surface area (Å²) in [5, 5.41) is 6.43. The van der Waals surface area contributed by atoms with Gasteiger partial charge in [0, 0.05) is 45.5 Å². The number of rotatable bonds is 3. The molecule has 2 aliphatic heterocycles. The van der Waals surface area contributed by atoms with Crippen LogP contribution in [0.1, 0.15) is 44.1 Å². The maximum atomic E-state index is 11.6. The van der Waals surface area contributed by atoms with Gasteiger partial charge in [-0.1, -0.05) is 31.4 Å². The van der Waals surface area contributed by atoms with Crippen LogP contribution in [0.5, 0.6) is 0 Å². The first kappa shape index (κ1) is 19.1. The van der Waals surface area contributed by atoms with Crippen LogP contribution < -0.4 is 15.5 Å². The van der Waals surface area contributed by atoms with E-state index in [-0.39, 0.29) is 5.91 Å². The highest BCUT2D eigenvalue weighted by atomic mass is 16.2. The number of aliphatic imine (C=N–C) groups is 1. The van der Waals surface area contributed by atoms with E-state index in [0.29, 0.717) is 12.0 Å². The third-order valence-corrected chi connectivity index (χ3v) is 6.65. The molecule has 3 fully saturated rings. The molecule has 0 radical (unpaired) electrons. The topological polar surface area (TPSA) is 60.0 Å². The van der Waals surface area contributed by atoms with Crippen LogP contribution in [-0.2, 0) is 11.3 Å². The molecule has 1 aromatic rings. The lowest BCUT2D eigenvalue weighted by atomic mass is 9.73. The van der Waals surface area contributed by atoms with Gasteiger partial charge in [0.15, 0.2) is 5.96 Å². The predicted molar refractivity (Wildman–Crippen MR) is 114 cm³/mol. The normalized spacial score (nSPS) is 22.5. The molecule has 4 rings (SSSR count). The van der Waals surface area contributed by atoms with E-state index in [9.17, 15) is 4.79 Å². The third-order valence-electron chi connectivity index (χ3n) is 6.65. The lowest BCUT2D eigenvalue weighted by Crippen LogP contribution is -2.47. The number of likely N-dealkylation sites (tertiary alicyclic amines) is 1. The molecule has 1 amide bonds. The van der Waals surface area contributed by atoms with Gasteiger partial charge in [0.1, 0.15) is 0 Å². The molecule has 6 nitrogen and oxygen atoms in total. The maximum absolute atomic E-state index is 11.6. The quantitative estimate of drug-likeness (QED) is 0.621. The number of guanidine groups is 1. The minimum Gasteiger partial charge on any atom is -0.360 e. The van der Waals surface area contributed by atoms with Crippen LogP contribution in [0.2, 0.25) is 0 Å². The van der Waals surface area contributed by atoms with Gasteiger partial charge >= 0.3 is 0 Å². The highest BCUT2D eigenvalue weighted by molar-refractivity contribution is 5.82. The van der Waals surface area contributed by atoms with Gasteiger partial charge in [-0.15, -0.1) is 0 Å². The third kappa shape index (κ3) is 4.26. The van der Waals surface area contributed by atoms with Crippen molar-refractivity contribution in [1.29, 1.82) is 0 Å². The zero-order valence-electron chi connectivity index (χ0n) is 17.0. The second-order valence-corrected chi connectivity index (χ2v) is 8.57. The average Bonchev–Trinajstić information content (AvgIpc) is 3.12. The Morgan fingerprint density at radius 2 is 1.93 bits per heavy atom. The predicted octanol–water partition coefficient (Wildman–Crippen LogP) is 2.35. The van der Waals surface area contributed by atoms with Gasteiger partial charge in [0.25, 0.3) is 0 Å². The first-order valence-electron chi connectivity index (χ1n) is 10.7. The second kappa shape index (κ2) is 8.41. The van der Waals surface area contributed by atoms with E-state index in [0.717, 1.165) is 44.4 Å². The van der Waals surface area contributed by atoms with Crippen molar-refractivity contribution in [1.82, 2.24) is 15.5 Å². The zero-order valence-corrected chi connectivity index (χ0v) is 17.0. The summed E-state index contributed by atoms with van der Waals surface area (Å²) >= 11 is 0. The minimum atomic E-state index is 0.0992. The molecular weight excluding hydrogens is 350 g/mol. The Bertz CT molecular complexity index is 708. The van der Waals surface area contributed by atoms with E-state index in [1.165, 1.54) is 44.1 Å². The zero-order chi connectivity index (χ0) is 19.4. The van der Waals surface area contributed by atoms with Crippen LogP contribution in [0.15, 0.2) is 29.3 Å². The number of amides is 1. The summed E-state index contributed by atoms with van der Waals surface area (Å²) in [6.45, 7) is 5.08. The number of carbonyl (C=O) groups excluding carboxylic acids is 1. The molecule has 1 spiro atoms. The molecule has 3 aliphatic rings. The van der Waals surface area contributed by atoms with Crippen LogP contribution in [-0.4, -0.2) is 56.5 Å². The summed E-state index contributed by atoms with van der Waals surface area (Å²) in [7, 11) is 1.89. The lowest BCUT2D eigenvalue weighted by Gasteiger charge is -2.33. The summed E-state index contributed by atoms with van der Waals surface area (Å²) < 4.78 is 0. The summed E-state index contributed by atoms with van der Waals surface area (Å²) in [4.78, 5) is 20.7. The van der Waals surface area contributed by atoms with Crippen LogP contribution >= 0.6 is 0 Å². The number of hydrogen-bond donors (Lipinski definition) is 2. The van der Waals surface area contributed by atoms with Crippen molar-refractivity contribution in [2.24, 2.45) is 10.4 Å². The van der Waals surface area contributed by atoms with Gasteiger partial charge in [-0.3, -0.25) is 9.79 Å². The number of benzene rings is 1. The van der Waals surface area contributed by atoms with Gasteiger partial charge in [0.2, 0.25) is 5.91 Å². The molecule has 28 heavy (non-hydrogen) atoms. The van der Waals surface area contributed by atoms with Crippen molar-refractivity contribution in [3.63, 3.8) is 0 Å². The monoisotopic (exact) mass is 383 g/mol. The Morgan fingerprint density at radius 3 is 2.64 bits per heavy atom. The van der Waals surface area contributed by atoms with E-state index in [4.69, 9.17) is 0 Å². The number of hydrogen-bond acceptors (Lipinski definition) is 3. The van der Waals surface area contributed by atoms with Gasteiger partial charge in [0.05, 0.1) is 6.54 Å². The Kier molecular flexibility index (Phi) is 5.74. The molecule has 2 saturated heterocycles. The van der Waals surface area contributed by atoms with E-state index >= 15 is 0 Å². The van der Waals surface area contributed by atoms with E-state index in [1.807, 2.05) is 7.05 Å². The minimum absolute atomic E-state index is 0.0992. The van der Waals surface area contributed by atoms with E-state index in [2.05, 4.69) is 49.7 Å². The fraction of sp³-hybridized carbons (Fsp3) is 0.636. The van der Waals surface area contributed by atoms with Crippen LogP contribution in [0.3, 0.4) is 0 Å². The number of carbonyl (C=O) groups is 1. The Balaban J connectivity index is 1.31. The Hall–Kier alpha value is -2.24. The average molecular weight is 384 g/mol. The SMILES string of the molecule is CN=C(NCc1ccc(N2CCNC(=O)C2)cc1)N1CCC2(CCCCC2)C1. The smallest absolute Gasteiger partial charge is 0.239 e. The molecular formula is C22H33N5O. The van der Waals surface area contributed by atoms with Crippen LogP contribution in [0.25, 0.3) is 0 Å². The molecule has 6 heteroatoms. The van der Waals surface area contributed by atoms with Crippen LogP contribution in [0, 0.1) is 5.41 Å². The van der Waals surface area contributed by atoms with Gasteiger partial charge < -0.3 is 20.4 Å². The summed E-state index contributed by atoms with van der Waals surface area (Å²) in [5.74, 6) is 1.13. The van der Waals surface area contributed by atoms with Crippen molar-refractivity contribution in [3.05, 3.63) is 29.8 Å². The first-order chi connectivity index (χ1) is 13.7. The van der Waals surface area contributed by atoms with Crippen molar-refractivity contribution < 1.29 is 4.79 Å². The number of anilines is 1. The second-order valence-electron chi connectivity index (χ2n) is 8.57. The molecule has 0 bridgehead atoms. The molecule has 1 aliphatic carbocycles. The van der Waals surface area contributed by atoms with Gasteiger partial charge in [-0.2, -0.15) is 0 Å². The number of nitrogens with zero attached hydrogens (tertiary/aromatic N) is 3. The maximum Gasteiger partial charge on any atom is 0.239 e. The summed E-state index contributed by atoms with van der Waals surface area (Å²) in [6.07, 6.45) is 8.28. The lowest BCUT2D eigenvalue weighted by molar-refractivity contribution is -0.120. The molecule has 0 aromatic heterocycles. The van der Waals surface area contributed by atoms with Crippen molar-refractivity contribution in [2.45, 2.75) is 45.1 Å². The van der Waals surface area contributed by atoms with E-state index < -0.39 is 0 Å². The summed E-state index contributed by atoms with van der Waals surface area (Å²) in [6, 6.07) is 8.53. The molecule has 0 unspecified atom stereocenters. The Morgan fingerprint density at radius 1 is 1.14 bits per heavy atom. The first-order valence-corrected chi connectivity index (χ1v) is 10.7. The molecule has 1 saturated carbocycles. The molecule has 1 aromatic carbocycles. The Labute approximate surface area is 168 Å². The van der Waals surface area contributed by atoms with Crippen molar-refractivity contribution in [2.75, 3.05) is 44.7 Å². The van der Waals surface area contributed by atoms with Crippen LogP contribution in [0.4, 0.5) is 5.69 Å². The fourth-order valence-electron chi connectivity index (χ4n) is 5.02. The van der Waals surface area contributed by atoms with Gasteiger partial charge in [-0.05, 0) is 42.4 Å². The van der Waals surface area contributed by atoms with Gasteiger partial charge in [-0.25, -0.2) is 0 Å². The van der Waals surface area contributed by atoms with Crippen molar-refractivity contribution in [3.8, 4) is 0 Å². The number of piperazine rings is 1. The molecule has 2 N–H and O–H groups in total. The highest BCUT2D eigenvalue weighted by Crippen LogP contribution is 2.43. The molecule has 152 valence electrons. The highest BCUT2D eigenvalue weighted by Gasteiger charge is 2.39. The van der Waals surface area contributed by atoms with Crippen molar-refractivity contribution >= 4 is 17.6 Å². The molecule has 2 heterocycles. The standard InChI is InChI=1S/C22H33N5O/c1-23-21(27-13-11-22(17-27)9-3-2-4-10-22)25-15-18-5-7-19(8-6-18)26-14-12-24-20(28)16-26/h5-8H,2-4,9-17H2,1H3,(H,23,25)(H,24,28). The van der Waals surface area contributed by atoms with E-state index in [1.54, 1.807) is 0 Å². The molecule has 0 atom stereocenters.